The van der Waals surface area contributed by atoms with Gasteiger partial charge >= 0.3 is 115 Å². The second-order valence-electron chi connectivity index (χ2n) is 0.192. The molecule has 0 saturated heterocycles. The summed E-state index contributed by atoms with van der Waals surface area (Å²) in [6, 6.07) is 0. The van der Waals surface area contributed by atoms with E-state index in [2.05, 4.69) is 0 Å². The van der Waals surface area contributed by atoms with Crippen molar-refractivity contribution in [1.82, 2.24) is 0 Å². The quantitative estimate of drug-likeness (QED) is 0.398. The van der Waals surface area contributed by atoms with Crippen LogP contribution in [0.2, 0.25) is 0 Å². The predicted molar refractivity (Wildman–Crippen MR) is 27.2 cm³/mol. The van der Waals surface area contributed by atoms with Gasteiger partial charge in [0.25, 0.3) is 0 Å². The summed E-state index contributed by atoms with van der Waals surface area (Å²) in [5, 5.41) is 0. The third-order valence-electron chi connectivity index (χ3n) is 0. The normalized spacial score (nSPS) is 1.78. The van der Waals surface area contributed by atoms with E-state index < -0.39 is 31.0 Å². The summed E-state index contributed by atoms with van der Waals surface area (Å²) in [5.41, 5.74) is 0. The van der Waals surface area contributed by atoms with Gasteiger partial charge in [-0.05, 0) is 0 Å². The summed E-state index contributed by atoms with van der Waals surface area (Å²) >= 11 is -3.50. The van der Waals surface area contributed by atoms with E-state index in [0.717, 1.165) is 0 Å². The standard InChI is InChI=1S/2Al.Mg.Nd.4O.Sr.2H/q;;+2;;;;2*-1;;;. The molecule has 4 nitrogen and oxygen atoms in total. The van der Waals surface area contributed by atoms with E-state index >= 15 is 0 Å². The Morgan fingerprint density at radius 2 is 1.00 bits per heavy atom. The summed E-state index contributed by atoms with van der Waals surface area (Å²) in [6.45, 7) is 0. The maximum atomic E-state index is 8.46. The van der Waals surface area contributed by atoms with Gasteiger partial charge in [0.05, 0.1) is 0 Å². The topological polar surface area (TPSA) is 80.3 Å². The van der Waals surface area contributed by atoms with E-state index in [-0.39, 0.29) is 109 Å². The first-order valence-electron chi connectivity index (χ1n) is 0.943. The average Bonchev–Trinajstić information content (AvgIpc) is 1.39. The van der Waals surface area contributed by atoms with Crippen molar-refractivity contribution in [3.05, 3.63) is 0 Å². The van der Waals surface area contributed by atoms with Crippen molar-refractivity contribution in [2.75, 3.05) is 0 Å². The van der Waals surface area contributed by atoms with Gasteiger partial charge in [-0.3, -0.25) is 0 Å². The summed E-state index contributed by atoms with van der Waals surface area (Å²) in [7, 11) is 0. The molecule has 0 aromatic carbocycles. The molecule has 0 aliphatic heterocycles. The van der Waals surface area contributed by atoms with Gasteiger partial charge in [0.2, 0.25) is 0 Å². The number of hydrogen-bond donors (Lipinski definition) is 0. The second-order valence-corrected chi connectivity index (χ2v) is 0.577. The molecule has 0 unspecified atom stereocenters. The zero-order valence-electron chi connectivity index (χ0n) is 3.99. The first-order valence-corrected chi connectivity index (χ1v) is 2.83. The molecule has 0 atom stereocenters. The van der Waals surface area contributed by atoms with Gasteiger partial charge in [0.15, 0.2) is 0 Å². The van der Waals surface area contributed by atoms with Crippen LogP contribution in [-0.4, -0.2) is 99.5 Å². The van der Waals surface area contributed by atoms with Crippen LogP contribution < -0.4 is 8.32 Å². The van der Waals surface area contributed by atoms with E-state index in [0.29, 0.717) is 0 Å². The molecule has 0 saturated carbocycles. The second kappa shape index (κ2) is 40.7. The van der Waals surface area contributed by atoms with Crippen LogP contribution >= 0.6 is 0 Å². The van der Waals surface area contributed by atoms with Crippen molar-refractivity contribution < 1.29 is 56.8 Å². The molecule has 0 spiro atoms. The van der Waals surface area contributed by atoms with Crippen molar-refractivity contribution in [1.29, 1.82) is 0 Å². The van der Waals surface area contributed by atoms with Crippen molar-refractivity contribution in [2.45, 2.75) is 0 Å². The zero-order valence-corrected chi connectivity index (χ0v) is 10.9. The van der Waals surface area contributed by atoms with Gasteiger partial charge in [0, 0.05) is 40.8 Å². The Hall–Kier alpha value is 3.86. The summed E-state index contributed by atoms with van der Waals surface area (Å²) in [5.74, 6) is 0. The summed E-state index contributed by atoms with van der Waals surface area (Å²) < 4.78 is 33.8. The Balaban J connectivity index is -0.00000000889. The average molecular weight is 376 g/mol. The molecule has 0 heterocycles. The van der Waals surface area contributed by atoms with Crippen LogP contribution in [0.3, 0.4) is 0 Å². The molecule has 0 radical (unpaired) electrons. The van der Waals surface area contributed by atoms with E-state index in [1.165, 1.54) is 0 Å². The molecule has 0 rings (SSSR count). The zero-order chi connectivity index (χ0) is 5.41. The summed E-state index contributed by atoms with van der Waals surface area (Å²) in [6.07, 6.45) is 0. The van der Waals surface area contributed by atoms with Gasteiger partial charge < -0.3 is 0 Å². The van der Waals surface area contributed by atoms with Crippen LogP contribution in [0.1, 0.15) is 0 Å². The minimum atomic E-state index is -1.75. The molecule has 0 aromatic heterocycles. The fourth-order valence-electron chi connectivity index (χ4n) is 0. The minimum absolute atomic E-state index is 0. The van der Waals surface area contributed by atoms with Crippen molar-refractivity contribution >= 4 is 99.5 Å². The Kier molecular flexibility index (Phi) is 132. The van der Waals surface area contributed by atoms with E-state index in [1.807, 2.05) is 0 Å². The molecule has 9 heteroatoms. The molecule has 0 aliphatic rings. The summed E-state index contributed by atoms with van der Waals surface area (Å²) in [4.78, 5) is 0. The van der Waals surface area contributed by atoms with Gasteiger partial charge in [0.1, 0.15) is 0 Å². The fraction of sp³-hybridized carbons (Fsp3) is 0. The molecular formula is H2Al2MgNdO4Sr. The van der Waals surface area contributed by atoms with Gasteiger partial charge in [-0.2, -0.15) is 0 Å². The monoisotopic (exact) mass is 374 g/mol. The molecule has 0 bridgehead atoms. The predicted octanol–water partition coefficient (Wildman–Crippen LogP) is -4.67. The van der Waals surface area contributed by atoms with Gasteiger partial charge in [-0.1, -0.05) is 0 Å². The van der Waals surface area contributed by atoms with Crippen LogP contribution in [0.25, 0.3) is 0 Å². The molecule has 40 valence electrons. The van der Waals surface area contributed by atoms with Gasteiger partial charge in [-0.15, -0.1) is 0 Å². The van der Waals surface area contributed by atoms with Crippen molar-refractivity contribution in [2.24, 2.45) is 0 Å². The Morgan fingerprint density at radius 1 is 1.00 bits per heavy atom. The van der Waals surface area contributed by atoms with Crippen LogP contribution in [0.5, 0.6) is 0 Å². The van der Waals surface area contributed by atoms with Crippen LogP contribution in [0.15, 0.2) is 0 Å². The van der Waals surface area contributed by atoms with Crippen LogP contribution in [0, 0.1) is 40.8 Å². The van der Waals surface area contributed by atoms with Crippen LogP contribution in [0.4, 0.5) is 0 Å². The van der Waals surface area contributed by atoms with Crippen molar-refractivity contribution in [3.8, 4) is 0 Å². The van der Waals surface area contributed by atoms with E-state index in [9.17, 15) is 0 Å². The molecule has 0 aliphatic carbocycles. The van der Waals surface area contributed by atoms with E-state index in [1.54, 1.807) is 0 Å². The Labute approximate surface area is 152 Å². The Bertz CT molecular complexity index is 39.5. The van der Waals surface area contributed by atoms with Gasteiger partial charge in [-0.25, -0.2) is 0 Å². The molecule has 0 N–H and O–H groups in total. The third-order valence-corrected chi connectivity index (χ3v) is 0. The van der Waals surface area contributed by atoms with Crippen LogP contribution in [-0.2, 0) is 7.61 Å². The van der Waals surface area contributed by atoms with Crippen molar-refractivity contribution in [3.63, 3.8) is 0 Å². The SMILES string of the molecule is [Mg+2].[Nd].[O]=[Al][O-].[O]=[Al][O-].[SrH2]. The molecule has 0 amide bonds. The van der Waals surface area contributed by atoms with E-state index in [4.69, 9.17) is 15.9 Å². The molecule has 0 fully saturated rings. The molecular weight excluding hydrogens is 374 g/mol. The molecule has 0 aromatic rings. The number of rotatable bonds is 0. The fourth-order valence-corrected chi connectivity index (χ4v) is 0. The third kappa shape index (κ3) is 77.3. The number of hydrogen-bond acceptors (Lipinski definition) is 4. The molecule has 9 heavy (non-hydrogen) atoms. The Morgan fingerprint density at radius 3 is 1.00 bits per heavy atom. The maximum absolute atomic E-state index is 8.46. The first-order chi connectivity index (χ1) is 2.83. The first kappa shape index (κ1) is 29.3.